The van der Waals surface area contributed by atoms with E-state index in [1.807, 2.05) is 48.2 Å². The third-order valence-corrected chi connectivity index (χ3v) is 5.52. The summed E-state index contributed by atoms with van der Waals surface area (Å²) in [6, 6.07) is 14.0. The molecule has 23 heavy (non-hydrogen) atoms. The SMILES string of the molecule is Clc1ccc(COc2ccc(Br)cc2CN2CCSCC2)cc1. The van der Waals surface area contributed by atoms with Gasteiger partial charge in [-0.05, 0) is 35.9 Å². The fraction of sp³-hybridized carbons (Fsp3) is 0.333. The van der Waals surface area contributed by atoms with E-state index in [0.717, 1.165) is 40.4 Å². The summed E-state index contributed by atoms with van der Waals surface area (Å²) in [7, 11) is 0. The minimum atomic E-state index is 0.557. The predicted octanol–water partition coefficient (Wildman–Crippen LogP) is 5.23. The maximum absolute atomic E-state index is 6.06. The smallest absolute Gasteiger partial charge is 0.124 e. The predicted molar refractivity (Wildman–Crippen MR) is 103 cm³/mol. The molecular weight excluding hydrogens is 394 g/mol. The summed E-state index contributed by atoms with van der Waals surface area (Å²) in [6.45, 7) is 3.79. The number of halogens is 2. The topological polar surface area (TPSA) is 12.5 Å². The van der Waals surface area contributed by atoms with Crippen molar-refractivity contribution in [1.82, 2.24) is 4.90 Å². The Morgan fingerprint density at radius 2 is 1.83 bits per heavy atom. The average molecular weight is 413 g/mol. The van der Waals surface area contributed by atoms with Gasteiger partial charge in [-0.2, -0.15) is 11.8 Å². The van der Waals surface area contributed by atoms with E-state index < -0.39 is 0 Å². The molecule has 0 saturated carbocycles. The summed E-state index contributed by atoms with van der Waals surface area (Å²) in [5, 5.41) is 0.751. The number of nitrogens with zero attached hydrogens (tertiary/aromatic N) is 1. The molecule has 0 spiro atoms. The molecule has 0 aromatic heterocycles. The molecule has 0 radical (unpaired) electrons. The molecule has 1 saturated heterocycles. The number of ether oxygens (including phenoxy) is 1. The lowest BCUT2D eigenvalue weighted by atomic mass is 10.2. The van der Waals surface area contributed by atoms with Crippen LogP contribution in [0.1, 0.15) is 11.1 Å². The Morgan fingerprint density at radius 1 is 1.09 bits per heavy atom. The van der Waals surface area contributed by atoms with Crippen LogP contribution >= 0.6 is 39.3 Å². The zero-order valence-corrected chi connectivity index (χ0v) is 16.0. The van der Waals surface area contributed by atoms with Crippen molar-refractivity contribution in [2.75, 3.05) is 24.6 Å². The van der Waals surface area contributed by atoms with Crippen molar-refractivity contribution in [3.63, 3.8) is 0 Å². The van der Waals surface area contributed by atoms with E-state index in [1.54, 1.807) is 0 Å². The Bertz CT molecular complexity index is 644. The summed E-state index contributed by atoms with van der Waals surface area (Å²) in [4.78, 5) is 2.49. The van der Waals surface area contributed by atoms with E-state index in [1.165, 1.54) is 17.1 Å². The standard InChI is InChI=1S/C18H19BrClNOS/c19-16-3-6-18(22-13-14-1-4-17(20)5-2-14)15(11-16)12-21-7-9-23-10-8-21/h1-6,11H,7-10,12-13H2. The van der Waals surface area contributed by atoms with Crippen LogP contribution in [0, 0.1) is 0 Å². The second-order valence-corrected chi connectivity index (χ2v) is 8.13. The molecule has 2 nitrogen and oxygen atoms in total. The van der Waals surface area contributed by atoms with Gasteiger partial charge in [0, 0.05) is 46.2 Å². The Morgan fingerprint density at radius 3 is 2.57 bits per heavy atom. The van der Waals surface area contributed by atoms with E-state index in [4.69, 9.17) is 16.3 Å². The maximum atomic E-state index is 6.06. The summed E-state index contributed by atoms with van der Waals surface area (Å²) in [5.41, 5.74) is 2.36. The Kier molecular flexibility index (Phi) is 6.29. The Labute approximate surface area is 155 Å². The molecule has 0 bridgehead atoms. The molecule has 0 atom stereocenters. The van der Waals surface area contributed by atoms with Gasteiger partial charge in [-0.3, -0.25) is 4.90 Å². The molecule has 2 aromatic rings. The van der Waals surface area contributed by atoms with Gasteiger partial charge >= 0.3 is 0 Å². The number of thioether (sulfide) groups is 1. The Hall–Kier alpha value is -0.680. The molecule has 0 aliphatic carbocycles. The third-order valence-electron chi connectivity index (χ3n) is 3.83. The first-order valence-corrected chi connectivity index (χ1v) is 9.99. The summed E-state index contributed by atoms with van der Waals surface area (Å²) >= 11 is 11.5. The van der Waals surface area contributed by atoms with E-state index in [-0.39, 0.29) is 0 Å². The number of hydrogen-bond acceptors (Lipinski definition) is 3. The molecule has 3 rings (SSSR count). The van der Waals surface area contributed by atoms with Gasteiger partial charge < -0.3 is 4.74 Å². The molecule has 0 amide bonds. The zero-order valence-electron chi connectivity index (χ0n) is 12.8. The zero-order chi connectivity index (χ0) is 16.1. The van der Waals surface area contributed by atoms with E-state index in [9.17, 15) is 0 Å². The van der Waals surface area contributed by atoms with Gasteiger partial charge in [-0.1, -0.05) is 39.7 Å². The van der Waals surface area contributed by atoms with Crippen molar-refractivity contribution >= 4 is 39.3 Å². The quantitative estimate of drug-likeness (QED) is 0.667. The first kappa shape index (κ1) is 17.2. The van der Waals surface area contributed by atoms with Crippen LogP contribution in [0.3, 0.4) is 0 Å². The van der Waals surface area contributed by atoms with Crippen molar-refractivity contribution < 1.29 is 4.74 Å². The monoisotopic (exact) mass is 411 g/mol. The summed E-state index contributed by atoms with van der Waals surface area (Å²) in [6.07, 6.45) is 0. The largest absolute Gasteiger partial charge is 0.489 e. The van der Waals surface area contributed by atoms with Gasteiger partial charge in [-0.25, -0.2) is 0 Å². The average Bonchev–Trinajstić information content (AvgIpc) is 2.57. The molecule has 122 valence electrons. The second kappa shape index (κ2) is 8.43. The van der Waals surface area contributed by atoms with Gasteiger partial charge in [0.15, 0.2) is 0 Å². The molecular formula is C18H19BrClNOS. The van der Waals surface area contributed by atoms with Gasteiger partial charge in [0.1, 0.15) is 12.4 Å². The highest BCUT2D eigenvalue weighted by Gasteiger charge is 2.14. The van der Waals surface area contributed by atoms with Gasteiger partial charge in [0.05, 0.1) is 0 Å². The summed E-state index contributed by atoms with van der Waals surface area (Å²) < 4.78 is 7.16. The van der Waals surface area contributed by atoms with Crippen molar-refractivity contribution in [2.24, 2.45) is 0 Å². The lowest BCUT2D eigenvalue weighted by molar-refractivity contribution is 0.271. The van der Waals surface area contributed by atoms with E-state index in [2.05, 4.69) is 26.9 Å². The molecule has 1 fully saturated rings. The van der Waals surface area contributed by atoms with Crippen LogP contribution in [0.25, 0.3) is 0 Å². The van der Waals surface area contributed by atoms with Crippen LogP contribution in [-0.2, 0) is 13.2 Å². The number of rotatable bonds is 5. The molecule has 0 unspecified atom stereocenters. The van der Waals surface area contributed by atoms with Crippen LogP contribution in [0.2, 0.25) is 5.02 Å². The second-order valence-electron chi connectivity index (χ2n) is 5.56. The number of benzene rings is 2. The normalized spacial score (nSPS) is 15.6. The van der Waals surface area contributed by atoms with Gasteiger partial charge in [-0.15, -0.1) is 0 Å². The first-order valence-electron chi connectivity index (χ1n) is 7.66. The van der Waals surface area contributed by atoms with E-state index >= 15 is 0 Å². The molecule has 1 aliphatic heterocycles. The molecule has 0 N–H and O–H groups in total. The molecule has 1 aliphatic rings. The number of hydrogen-bond donors (Lipinski definition) is 0. The highest BCUT2D eigenvalue weighted by molar-refractivity contribution is 9.10. The molecule has 1 heterocycles. The van der Waals surface area contributed by atoms with Crippen LogP contribution in [-0.4, -0.2) is 29.5 Å². The molecule has 2 aromatic carbocycles. The highest BCUT2D eigenvalue weighted by atomic mass is 79.9. The van der Waals surface area contributed by atoms with Crippen LogP contribution in [0.15, 0.2) is 46.9 Å². The Balaban J connectivity index is 1.69. The fourth-order valence-electron chi connectivity index (χ4n) is 2.55. The van der Waals surface area contributed by atoms with Crippen LogP contribution < -0.4 is 4.74 Å². The highest BCUT2D eigenvalue weighted by Crippen LogP contribution is 2.26. The van der Waals surface area contributed by atoms with Gasteiger partial charge in [0.2, 0.25) is 0 Å². The van der Waals surface area contributed by atoms with Crippen molar-refractivity contribution in [3.8, 4) is 5.75 Å². The summed E-state index contributed by atoms with van der Waals surface area (Å²) in [5.74, 6) is 3.39. The minimum absolute atomic E-state index is 0.557. The van der Waals surface area contributed by atoms with E-state index in [0.29, 0.717) is 6.61 Å². The third kappa shape index (κ3) is 5.15. The van der Waals surface area contributed by atoms with Crippen molar-refractivity contribution in [3.05, 3.63) is 63.1 Å². The maximum Gasteiger partial charge on any atom is 0.124 e. The first-order chi connectivity index (χ1) is 11.2. The van der Waals surface area contributed by atoms with Crippen molar-refractivity contribution in [2.45, 2.75) is 13.2 Å². The lowest BCUT2D eigenvalue weighted by Crippen LogP contribution is -2.32. The lowest BCUT2D eigenvalue weighted by Gasteiger charge is -2.27. The molecule has 5 heteroatoms. The van der Waals surface area contributed by atoms with Gasteiger partial charge in [0.25, 0.3) is 0 Å². The van der Waals surface area contributed by atoms with Crippen LogP contribution in [0.5, 0.6) is 5.75 Å². The van der Waals surface area contributed by atoms with Crippen LogP contribution in [0.4, 0.5) is 0 Å². The van der Waals surface area contributed by atoms with Crippen molar-refractivity contribution in [1.29, 1.82) is 0 Å². The fourth-order valence-corrected chi connectivity index (χ4v) is 4.07. The minimum Gasteiger partial charge on any atom is -0.489 e.